The summed E-state index contributed by atoms with van der Waals surface area (Å²) in [5, 5.41) is 0. The molecule has 1 aromatic carbocycles. The van der Waals surface area contributed by atoms with Crippen molar-refractivity contribution < 1.29 is 0 Å². The minimum Gasteiger partial charge on any atom is -0.0877 e. The average molecular weight is 280 g/mol. The highest BCUT2D eigenvalue weighted by Crippen LogP contribution is 2.50. The topological polar surface area (TPSA) is 0 Å². The Kier molecular flexibility index (Phi) is 4.88. The van der Waals surface area contributed by atoms with Gasteiger partial charge in [0, 0.05) is 5.41 Å². The van der Waals surface area contributed by atoms with Gasteiger partial charge in [0.15, 0.2) is 0 Å². The van der Waals surface area contributed by atoms with Crippen LogP contribution in [0.15, 0.2) is 66.3 Å². The standard InChI is InChI=1S/C21H28/c1-5-7-12-18(11-6-2)21(16-15-20(3,4)17-21)19-13-9-8-10-14-19/h5,7-10,12-16H,6,11,17H2,1-4H3/b7-5-,18-12+. The first-order chi connectivity index (χ1) is 10.0. The lowest BCUT2D eigenvalue weighted by Gasteiger charge is -2.34. The van der Waals surface area contributed by atoms with Crippen molar-refractivity contribution in [1.29, 1.82) is 0 Å². The lowest BCUT2D eigenvalue weighted by Crippen LogP contribution is -2.27. The van der Waals surface area contributed by atoms with Gasteiger partial charge in [0.25, 0.3) is 0 Å². The van der Waals surface area contributed by atoms with E-state index >= 15 is 0 Å². The molecule has 21 heavy (non-hydrogen) atoms. The van der Waals surface area contributed by atoms with Crippen LogP contribution in [0.25, 0.3) is 0 Å². The molecular formula is C21H28. The molecule has 0 aliphatic heterocycles. The fourth-order valence-electron chi connectivity index (χ4n) is 3.48. The molecule has 0 saturated heterocycles. The molecule has 2 rings (SSSR count). The van der Waals surface area contributed by atoms with E-state index in [1.54, 1.807) is 0 Å². The van der Waals surface area contributed by atoms with Gasteiger partial charge in [-0.2, -0.15) is 0 Å². The summed E-state index contributed by atoms with van der Waals surface area (Å²) < 4.78 is 0. The third-order valence-electron chi connectivity index (χ3n) is 4.42. The van der Waals surface area contributed by atoms with Gasteiger partial charge in [0.1, 0.15) is 0 Å². The van der Waals surface area contributed by atoms with E-state index in [2.05, 4.69) is 88.4 Å². The predicted molar refractivity (Wildman–Crippen MR) is 93.5 cm³/mol. The number of hydrogen-bond donors (Lipinski definition) is 0. The molecular weight excluding hydrogens is 252 g/mol. The molecule has 0 spiro atoms. The Morgan fingerprint density at radius 3 is 2.38 bits per heavy atom. The summed E-state index contributed by atoms with van der Waals surface area (Å²) in [4.78, 5) is 0. The Balaban J connectivity index is 2.54. The van der Waals surface area contributed by atoms with Crippen LogP contribution in [0.5, 0.6) is 0 Å². The zero-order chi connectivity index (χ0) is 15.3. The van der Waals surface area contributed by atoms with Gasteiger partial charge in [-0.15, -0.1) is 0 Å². The van der Waals surface area contributed by atoms with Crippen LogP contribution in [0.1, 0.15) is 52.5 Å². The highest BCUT2D eigenvalue weighted by molar-refractivity contribution is 5.47. The quantitative estimate of drug-likeness (QED) is 0.444. The fraction of sp³-hybridized carbons (Fsp3) is 0.429. The molecule has 0 nitrogen and oxygen atoms in total. The van der Waals surface area contributed by atoms with Crippen molar-refractivity contribution in [3.05, 3.63) is 71.8 Å². The van der Waals surface area contributed by atoms with E-state index in [0.717, 1.165) is 12.8 Å². The van der Waals surface area contributed by atoms with Gasteiger partial charge in [0.2, 0.25) is 0 Å². The van der Waals surface area contributed by atoms with Gasteiger partial charge in [-0.05, 0) is 30.7 Å². The summed E-state index contributed by atoms with van der Waals surface area (Å²) in [5.41, 5.74) is 3.30. The second-order valence-electron chi connectivity index (χ2n) is 6.80. The Morgan fingerprint density at radius 1 is 1.14 bits per heavy atom. The zero-order valence-electron chi connectivity index (χ0n) is 13.9. The van der Waals surface area contributed by atoms with Crippen molar-refractivity contribution in [2.45, 2.75) is 52.4 Å². The first kappa shape index (κ1) is 15.8. The van der Waals surface area contributed by atoms with Crippen LogP contribution in [0, 0.1) is 5.41 Å². The van der Waals surface area contributed by atoms with Crippen molar-refractivity contribution in [3.8, 4) is 0 Å². The highest BCUT2D eigenvalue weighted by Gasteiger charge is 2.41. The Hall–Kier alpha value is -1.56. The van der Waals surface area contributed by atoms with Crippen LogP contribution in [0.3, 0.4) is 0 Å². The normalized spacial score (nSPS) is 24.9. The maximum absolute atomic E-state index is 2.45. The van der Waals surface area contributed by atoms with E-state index in [0.29, 0.717) is 0 Å². The van der Waals surface area contributed by atoms with E-state index in [9.17, 15) is 0 Å². The summed E-state index contributed by atoms with van der Waals surface area (Å²) in [5.74, 6) is 0. The van der Waals surface area contributed by atoms with Gasteiger partial charge in [0.05, 0.1) is 0 Å². The third kappa shape index (κ3) is 3.37. The molecule has 0 fully saturated rings. The van der Waals surface area contributed by atoms with E-state index in [-0.39, 0.29) is 10.8 Å². The lowest BCUT2D eigenvalue weighted by atomic mass is 9.69. The van der Waals surface area contributed by atoms with Crippen LogP contribution in [0.4, 0.5) is 0 Å². The Bertz CT molecular complexity index is 543. The molecule has 1 aromatic rings. The van der Waals surface area contributed by atoms with Gasteiger partial charge in [-0.1, -0.05) is 93.5 Å². The maximum atomic E-state index is 2.45. The largest absolute Gasteiger partial charge is 0.0877 e. The van der Waals surface area contributed by atoms with Crippen molar-refractivity contribution in [2.75, 3.05) is 0 Å². The van der Waals surface area contributed by atoms with Gasteiger partial charge >= 0.3 is 0 Å². The maximum Gasteiger partial charge on any atom is 0.0352 e. The minimum absolute atomic E-state index is 0.0697. The monoisotopic (exact) mass is 280 g/mol. The number of hydrogen-bond acceptors (Lipinski definition) is 0. The summed E-state index contributed by atoms with van der Waals surface area (Å²) in [7, 11) is 0. The highest BCUT2D eigenvalue weighted by atomic mass is 14.4. The predicted octanol–water partition coefficient (Wildman–Crippen LogP) is 6.21. The molecule has 0 amide bonds. The van der Waals surface area contributed by atoms with Crippen LogP contribution >= 0.6 is 0 Å². The molecule has 0 radical (unpaired) electrons. The van der Waals surface area contributed by atoms with Gasteiger partial charge in [-0.25, -0.2) is 0 Å². The summed E-state index contributed by atoms with van der Waals surface area (Å²) in [6.07, 6.45) is 15.0. The molecule has 1 unspecified atom stereocenters. The van der Waals surface area contributed by atoms with Crippen LogP contribution in [0.2, 0.25) is 0 Å². The molecule has 0 heterocycles. The van der Waals surface area contributed by atoms with Gasteiger partial charge in [-0.3, -0.25) is 0 Å². The van der Waals surface area contributed by atoms with Crippen molar-refractivity contribution in [3.63, 3.8) is 0 Å². The number of benzene rings is 1. The second kappa shape index (κ2) is 6.47. The summed E-state index contributed by atoms with van der Waals surface area (Å²) in [6, 6.07) is 11.0. The molecule has 0 heteroatoms. The molecule has 0 saturated carbocycles. The molecule has 0 N–H and O–H groups in total. The first-order valence-electron chi connectivity index (χ1n) is 8.12. The SMILES string of the molecule is C/C=C\C=C(/CCC)C1(c2ccccc2)C=CC(C)(C)C1. The van der Waals surface area contributed by atoms with Crippen molar-refractivity contribution >= 4 is 0 Å². The zero-order valence-corrected chi connectivity index (χ0v) is 13.9. The molecule has 1 atom stereocenters. The Labute approximate surface area is 130 Å². The summed E-state index contributed by atoms with van der Waals surface area (Å²) in [6.45, 7) is 9.04. The molecule has 112 valence electrons. The van der Waals surface area contributed by atoms with Crippen molar-refractivity contribution in [2.24, 2.45) is 5.41 Å². The molecule has 0 bridgehead atoms. The minimum atomic E-state index is 0.0697. The number of allylic oxidation sites excluding steroid dienone is 6. The molecule has 0 aromatic heterocycles. The van der Waals surface area contributed by atoms with Crippen LogP contribution in [-0.4, -0.2) is 0 Å². The fourth-order valence-corrected chi connectivity index (χ4v) is 3.48. The first-order valence-corrected chi connectivity index (χ1v) is 8.12. The second-order valence-corrected chi connectivity index (χ2v) is 6.80. The third-order valence-corrected chi connectivity index (χ3v) is 4.42. The molecule has 1 aliphatic rings. The van der Waals surface area contributed by atoms with E-state index in [1.165, 1.54) is 17.6 Å². The summed E-state index contributed by atoms with van der Waals surface area (Å²) >= 11 is 0. The van der Waals surface area contributed by atoms with E-state index in [1.807, 2.05) is 0 Å². The van der Waals surface area contributed by atoms with Crippen LogP contribution < -0.4 is 0 Å². The van der Waals surface area contributed by atoms with E-state index < -0.39 is 0 Å². The average Bonchev–Trinajstić information content (AvgIpc) is 2.81. The lowest BCUT2D eigenvalue weighted by molar-refractivity contribution is 0.392. The van der Waals surface area contributed by atoms with E-state index in [4.69, 9.17) is 0 Å². The van der Waals surface area contributed by atoms with Crippen molar-refractivity contribution in [1.82, 2.24) is 0 Å². The van der Waals surface area contributed by atoms with Gasteiger partial charge < -0.3 is 0 Å². The smallest absolute Gasteiger partial charge is 0.0352 e. The molecule has 1 aliphatic carbocycles. The Morgan fingerprint density at radius 2 is 1.86 bits per heavy atom. The van der Waals surface area contributed by atoms with Crippen LogP contribution in [-0.2, 0) is 5.41 Å². The number of rotatable bonds is 5.